The van der Waals surface area contributed by atoms with E-state index in [9.17, 15) is 18.0 Å². The number of aromatic nitrogens is 3. The minimum absolute atomic E-state index is 0.0106. The Labute approximate surface area is 197 Å². The lowest BCUT2D eigenvalue weighted by Crippen LogP contribution is -2.28. The first kappa shape index (κ1) is 25.0. The molecule has 2 N–H and O–H groups in total. The maximum Gasteiger partial charge on any atom is 0.387 e. The van der Waals surface area contributed by atoms with Crippen molar-refractivity contribution < 1.29 is 32.2 Å². The van der Waals surface area contributed by atoms with Crippen molar-refractivity contribution in [1.29, 1.82) is 0 Å². The molecule has 13 heteroatoms. The average molecular weight is 497 g/mol. The van der Waals surface area contributed by atoms with Crippen LogP contribution in [0.1, 0.15) is 11.4 Å². The highest BCUT2D eigenvalue weighted by Gasteiger charge is 2.17. The molecular formula is C21H22F3N5O4S. The standard InChI is InChI=1S/C21H22F3N5O4S/c1-28(10-13-3-8-16(33-20(23)24)17(9-13)31-2)19(30)12-34-21-27-26-18(29(21)25)11-32-15-6-4-14(22)5-7-15/h3-9,20H,10-12,25H2,1-2H3. The molecule has 34 heavy (non-hydrogen) atoms. The van der Waals surface area contributed by atoms with Gasteiger partial charge in [-0.05, 0) is 42.0 Å². The molecule has 1 heterocycles. The predicted octanol–water partition coefficient (Wildman–Crippen LogP) is 3.07. The van der Waals surface area contributed by atoms with Gasteiger partial charge in [-0.3, -0.25) is 4.79 Å². The number of hydrogen-bond donors (Lipinski definition) is 1. The molecule has 0 saturated heterocycles. The zero-order valence-corrected chi connectivity index (χ0v) is 19.1. The number of ether oxygens (including phenoxy) is 3. The third kappa shape index (κ3) is 6.70. The molecule has 182 valence electrons. The van der Waals surface area contributed by atoms with Crippen molar-refractivity contribution in [2.24, 2.45) is 0 Å². The van der Waals surface area contributed by atoms with Gasteiger partial charge in [0.05, 0.1) is 12.9 Å². The van der Waals surface area contributed by atoms with E-state index in [4.69, 9.17) is 15.3 Å². The van der Waals surface area contributed by atoms with Crippen molar-refractivity contribution in [3.8, 4) is 17.2 Å². The number of nitrogens with two attached hydrogens (primary N) is 1. The molecule has 0 fully saturated rings. The van der Waals surface area contributed by atoms with Crippen LogP contribution in [0.5, 0.6) is 17.2 Å². The Bertz CT molecular complexity index is 1110. The van der Waals surface area contributed by atoms with Crippen LogP contribution < -0.4 is 20.1 Å². The second kappa shape index (κ2) is 11.5. The summed E-state index contributed by atoms with van der Waals surface area (Å²) in [5.41, 5.74) is 0.668. The van der Waals surface area contributed by atoms with E-state index < -0.39 is 6.61 Å². The lowest BCUT2D eigenvalue weighted by molar-refractivity contribution is -0.127. The van der Waals surface area contributed by atoms with Gasteiger partial charge in [0, 0.05) is 13.6 Å². The molecule has 0 spiro atoms. The third-order valence-corrected chi connectivity index (χ3v) is 5.46. The quantitative estimate of drug-likeness (QED) is 0.318. The summed E-state index contributed by atoms with van der Waals surface area (Å²) in [5, 5.41) is 8.23. The van der Waals surface area contributed by atoms with Crippen molar-refractivity contribution in [3.05, 3.63) is 59.7 Å². The second-order valence-electron chi connectivity index (χ2n) is 6.91. The Hall–Kier alpha value is -3.61. The fourth-order valence-corrected chi connectivity index (χ4v) is 3.60. The first-order valence-electron chi connectivity index (χ1n) is 9.83. The van der Waals surface area contributed by atoms with Crippen LogP contribution >= 0.6 is 11.8 Å². The maximum absolute atomic E-state index is 13.0. The zero-order chi connectivity index (χ0) is 24.7. The smallest absolute Gasteiger partial charge is 0.387 e. The number of benzene rings is 2. The van der Waals surface area contributed by atoms with Gasteiger partial charge in [-0.1, -0.05) is 17.8 Å². The molecule has 3 aromatic rings. The summed E-state index contributed by atoms with van der Waals surface area (Å²) in [6, 6.07) is 9.96. The van der Waals surface area contributed by atoms with E-state index in [0.717, 1.165) is 11.8 Å². The van der Waals surface area contributed by atoms with Crippen LogP contribution in [0.25, 0.3) is 0 Å². The van der Waals surface area contributed by atoms with E-state index >= 15 is 0 Å². The monoisotopic (exact) mass is 497 g/mol. The summed E-state index contributed by atoms with van der Waals surface area (Å²) in [6.07, 6.45) is 0. The van der Waals surface area contributed by atoms with Gasteiger partial charge in [-0.25, -0.2) is 9.07 Å². The van der Waals surface area contributed by atoms with Crippen molar-refractivity contribution in [3.63, 3.8) is 0 Å². The van der Waals surface area contributed by atoms with Crippen LogP contribution in [-0.2, 0) is 17.9 Å². The Morgan fingerprint density at radius 3 is 2.59 bits per heavy atom. The molecule has 0 atom stereocenters. The first-order valence-corrected chi connectivity index (χ1v) is 10.8. The Morgan fingerprint density at radius 1 is 1.18 bits per heavy atom. The molecular weight excluding hydrogens is 475 g/mol. The molecule has 0 aliphatic rings. The van der Waals surface area contributed by atoms with Crippen molar-refractivity contribution in [2.45, 2.75) is 24.9 Å². The molecule has 1 aromatic heterocycles. The molecule has 0 bridgehead atoms. The van der Waals surface area contributed by atoms with Gasteiger partial charge in [0.2, 0.25) is 11.1 Å². The normalized spacial score (nSPS) is 10.9. The molecule has 0 aliphatic heterocycles. The maximum atomic E-state index is 13.0. The Kier molecular flexibility index (Phi) is 8.46. The Balaban J connectivity index is 1.52. The minimum atomic E-state index is -2.97. The summed E-state index contributed by atoms with van der Waals surface area (Å²) in [4.78, 5) is 14.0. The first-order chi connectivity index (χ1) is 16.3. The van der Waals surface area contributed by atoms with Gasteiger partial charge >= 0.3 is 6.61 Å². The minimum Gasteiger partial charge on any atom is -0.493 e. The SMILES string of the molecule is COc1cc(CN(C)C(=O)CSc2nnc(COc3ccc(F)cc3)n2N)ccc1OC(F)F. The molecule has 0 saturated carbocycles. The molecule has 3 rings (SSSR count). The van der Waals surface area contributed by atoms with E-state index in [2.05, 4.69) is 14.9 Å². The summed E-state index contributed by atoms with van der Waals surface area (Å²) >= 11 is 1.10. The van der Waals surface area contributed by atoms with E-state index in [1.54, 1.807) is 13.1 Å². The van der Waals surface area contributed by atoms with Crippen LogP contribution in [-0.4, -0.2) is 52.2 Å². The van der Waals surface area contributed by atoms with Gasteiger partial charge in [-0.15, -0.1) is 10.2 Å². The number of rotatable bonds is 11. The van der Waals surface area contributed by atoms with Crippen LogP contribution in [0, 0.1) is 5.82 Å². The lowest BCUT2D eigenvalue weighted by atomic mass is 10.2. The highest BCUT2D eigenvalue weighted by molar-refractivity contribution is 7.99. The number of alkyl halides is 2. The zero-order valence-electron chi connectivity index (χ0n) is 18.3. The number of halogens is 3. The number of nitrogens with zero attached hydrogens (tertiary/aromatic N) is 4. The van der Waals surface area contributed by atoms with Gasteiger partial charge < -0.3 is 25.0 Å². The van der Waals surface area contributed by atoms with Crippen LogP contribution in [0.3, 0.4) is 0 Å². The summed E-state index contributed by atoms with van der Waals surface area (Å²) in [5.74, 6) is 6.25. The summed E-state index contributed by atoms with van der Waals surface area (Å²) in [6.45, 7) is -2.74. The van der Waals surface area contributed by atoms with Gasteiger partial charge in [0.25, 0.3) is 0 Å². The van der Waals surface area contributed by atoms with Crippen LogP contribution in [0.4, 0.5) is 13.2 Å². The summed E-state index contributed by atoms with van der Waals surface area (Å²) in [7, 11) is 2.94. The fourth-order valence-electron chi connectivity index (χ4n) is 2.78. The van der Waals surface area contributed by atoms with E-state index in [-0.39, 0.29) is 42.1 Å². The lowest BCUT2D eigenvalue weighted by Gasteiger charge is -2.18. The molecule has 0 unspecified atom stereocenters. The number of carbonyl (C=O) groups excluding carboxylic acids is 1. The van der Waals surface area contributed by atoms with E-state index in [0.29, 0.717) is 22.3 Å². The average Bonchev–Trinajstić information content (AvgIpc) is 3.16. The molecule has 2 aromatic carbocycles. The summed E-state index contributed by atoms with van der Waals surface area (Å²) < 4.78 is 54.1. The largest absolute Gasteiger partial charge is 0.493 e. The fraction of sp³-hybridized carbons (Fsp3) is 0.286. The van der Waals surface area contributed by atoms with Crippen molar-refractivity contribution in [1.82, 2.24) is 19.8 Å². The third-order valence-electron chi connectivity index (χ3n) is 4.53. The molecule has 9 nitrogen and oxygen atoms in total. The molecule has 1 amide bonds. The number of thioether (sulfide) groups is 1. The van der Waals surface area contributed by atoms with Gasteiger partial charge in [0.1, 0.15) is 18.2 Å². The van der Waals surface area contributed by atoms with Crippen molar-refractivity contribution in [2.75, 3.05) is 25.8 Å². The molecule has 0 aliphatic carbocycles. The second-order valence-corrected chi connectivity index (χ2v) is 7.86. The van der Waals surface area contributed by atoms with Crippen molar-refractivity contribution >= 4 is 17.7 Å². The van der Waals surface area contributed by atoms with Gasteiger partial charge in [0.15, 0.2) is 17.3 Å². The highest BCUT2D eigenvalue weighted by Crippen LogP contribution is 2.30. The number of nitrogen functional groups attached to an aromatic ring is 1. The number of hydrogen-bond acceptors (Lipinski definition) is 8. The topological polar surface area (TPSA) is 105 Å². The van der Waals surface area contributed by atoms with Crippen LogP contribution in [0.15, 0.2) is 47.6 Å². The predicted molar refractivity (Wildman–Crippen MR) is 118 cm³/mol. The van der Waals surface area contributed by atoms with E-state index in [1.807, 2.05) is 0 Å². The number of carbonyl (C=O) groups is 1. The number of methoxy groups -OCH3 is 1. The Morgan fingerprint density at radius 2 is 1.91 bits per heavy atom. The molecule has 0 radical (unpaired) electrons. The van der Waals surface area contributed by atoms with Gasteiger partial charge in [-0.2, -0.15) is 8.78 Å². The highest BCUT2D eigenvalue weighted by atomic mass is 32.2. The van der Waals surface area contributed by atoms with Crippen LogP contribution in [0.2, 0.25) is 0 Å². The number of amides is 1. The van der Waals surface area contributed by atoms with E-state index in [1.165, 1.54) is 53.1 Å².